The van der Waals surface area contributed by atoms with Crippen LogP contribution in [0, 0.1) is 0 Å². The summed E-state index contributed by atoms with van der Waals surface area (Å²) in [6, 6.07) is 1.75. The molecule has 0 saturated carbocycles. The first-order chi connectivity index (χ1) is 5.27. The molecule has 1 aliphatic heterocycles. The summed E-state index contributed by atoms with van der Waals surface area (Å²) in [5.41, 5.74) is 0.804. The highest BCUT2D eigenvalue weighted by Crippen LogP contribution is 2.28. The van der Waals surface area contributed by atoms with E-state index in [-0.39, 0.29) is 5.78 Å². The Morgan fingerprint density at radius 2 is 2.36 bits per heavy atom. The second-order valence-corrected chi connectivity index (χ2v) is 4.18. The minimum Gasteiger partial charge on any atom is -0.305 e. The molecule has 2 heterocycles. The van der Waals surface area contributed by atoms with Crippen LogP contribution < -0.4 is 5.32 Å². The number of thiophene rings is 1. The summed E-state index contributed by atoms with van der Waals surface area (Å²) in [6.45, 7) is 1.22. The summed E-state index contributed by atoms with van der Waals surface area (Å²) in [5.74, 6) is 0.148. The molecule has 58 valence electrons. The number of carbonyl (C=O) groups is 1. The number of nitrogens with one attached hydrogen (secondary N) is 1. The van der Waals surface area contributed by atoms with E-state index in [4.69, 9.17) is 11.6 Å². The number of rotatable bonds is 0. The molecule has 4 heteroatoms. The standard InChI is InChI=1S/C7H6ClNOS/c8-7-1-4-5(10)2-9-3-6(4)11-7/h1,9H,2-3H2. The van der Waals surface area contributed by atoms with Crippen LogP contribution in [0.4, 0.5) is 0 Å². The maximum Gasteiger partial charge on any atom is 0.177 e. The monoisotopic (exact) mass is 187 g/mol. The Morgan fingerprint density at radius 1 is 1.55 bits per heavy atom. The molecule has 0 unspecified atom stereocenters. The van der Waals surface area contributed by atoms with Crippen LogP contribution in [0.5, 0.6) is 0 Å². The average Bonchev–Trinajstić information content (AvgIpc) is 2.31. The molecule has 0 saturated heterocycles. The van der Waals surface area contributed by atoms with Gasteiger partial charge in [0.25, 0.3) is 0 Å². The molecule has 11 heavy (non-hydrogen) atoms. The summed E-state index contributed by atoms with van der Waals surface area (Å²) in [5, 5.41) is 3.01. The zero-order valence-electron chi connectivity index (χ0n) is 5.69. The van der Waals surface area contributed by atoms with E-state index in [9.17, 15) is 4.79 Å². The maximum atomic E-state index is 11.2. The van der Waals surface area contributed by atoms with Crippen LogP contribution in [0.15, 0.2) is 6.07 Å². The second-order valence-electron chi connectivity index (χ2n) is 2.41. The summed E-state index contributed by atoms with van der Waals surface area (Å²) >= 11 is 7.23. The van der Waals surface area contributed by atoms with Crippen LogP contribution in [-0.2, 0) is 6.54 Å². The highest BCUT2D eigenvalue weighted by molar-refractivity contribution is 7.16. The van der Waals surface area contributed by atoms with E-state index in [2.05, 4.69) is 5.32 Å². The molecule has 0 bridgehead atoms. The van der Waals surface area contributed by atoms with Gasteiger partial charge in [-0.25, -0.2) is 0 Å². The summed E-state index contributed by atoms with van der Waals surface area (Å²) < 4.78 is 0.701. The third-order valence-electron chi connectivity index (χ3n) is 1.65. The van der Waals surface area contributed by atoms with Crippen LogP contribution in [-0.4, -0.2) is 12.3 Å². The lowest BCUT2D eigenvalue weighted by molar-refractivity contribution is 0.0983. The summed E-state index contributed by atoms with van der Waals surface area (Å²) in [6.07, 6.45) is 0. The van der Waals surface area contributed by atoms with Crippen molar-refractivity contribution in [1.82, 2.24) is 5.32 Å². The number of Topliss-reactive ketones (excluding diaryl/α,β-unsaturated/α-hetero) is 1. The lowest BCUT2D eigenvalue weighted by Crippen LogP contribution is -2.28. The van der Waals surface area contributed by atoms with E-state index in [1.54, 1.807) is 6.07 Å². The molecule has 2 nitrogen and oxygen atoms in total. The van der Waals surface area contributed by atoms with Gasteiger partial charge in [0.1, 0.15) is 0 Å². The molecule has 0 aliphatic carbocycles. The quantitative estimate of drug-likeness (QED) is 0.670. The predicted octanol–water partition coefficient (Wildman–Crippen LogP) is 1.69. The normalized spacial score (nSPS) is 16.6. The van der Waals surface area contributed by atoms with Crippen molar-refractivity contribution >= 4 is 28.7 Å². The lowest BCUT2D eigenvalue weighted by Gasteiger charge is -2.09. The van der Waals surface area contributed by atoms with Gasteiger partial charge in [-0.2, -0.15) is 0 Å². The molecule has 0 fully saturated rings. The van der Waals surface area contributed by atoms with Gasteiger partial charge in [0.05, 0.1) is 10.9 Å². The van der Waals surface area contributed by atoms with Crippen molar-refractivity contribution in [3.05, 3.63) is 20.8 Å². The molecular formula is C7H6ClNOS. The molecule has 0 radical (unpaired) electrons. The van der Waals surface area contributed by atoms with Crippen molar-refractivity contribution in [3.8, 4) is 0 Å². The maximum absolute atomic E-state index is 11.2. The van der Waals surface area contributed by atoms with Gasteiger partial charge in [0.15, 0.2) is 5.78 Å². The van der Waals surface area contributed by atoms with Gasteiger partial charge in [-0.05, 0) is 6.07 Å². The van der Waals surface area contributed by atoms with Gasteiger partial charge in [0, 0.05) is 17.0 Å². The van der Waals surface area contributed by atoms with Gasteiger partial charge in [0.2, 0.25) is 0 Å². The highest BCUT2D eigenvalue weighted by atomic mass is 35.5. The van der Waals surface area contributed by atoms with E-state index >= 15 is 0 Å². The smallest absolute Gasteiger partial charge is 0.177 e. The topological polar surface area (TPSA) is 29.1 Å². The lowest BCUT2D eigenvalue weighted by atomic mass is 10.1. The van der Waals surface area contributed by atoms with Crippen LogP contribution in [0.2, 0.25) is 4.34 Å². The Morgan fingerprint density at radius 3 is 3.09 bits per heavy atom. The Bertz CT molecular complexity index is 307. The SMILES string of the molecule is O=C1CNCc2sc(Cl)cc21. The highest BCUT2D eigenvalue weighted by Gasteiger charge is 2.18. The molecule has 0 spiro atoms. The zero-order valence-corrected chi connectivity index (χ0v) is 7.26. The van der Waals surface area contributed by atoms with Crippen molar-refractivity contribution in [2.75, 3.05) is 6.54 Å². The van der Waals surface area contributed by atoms with Crippen molar-refractivity contribution in [1.29, 1.82) is 0 Å². The minimum absolute atomic E-state index is 0.148. The summed E-state index contributed by atoms with van der Waals surface area (Å²) in [7, 11) is 0. The molecule has 1 aliphatic rings. The van der Waals surface area contributed by atoms with E-state index in [0.717, 1.165) is 17.0 Å². The largest absolute Gasteiger partial charge is 0.305 e. The van der Waals surface area contributed by atoms with Crippen molar-refractivity contribution in [3.63, 3.8) is 0 Å². The fraction of sp³-hybridized carbons (Fsp3) is 0.286. The first-order valence-electron chi connectivity index (χ1n) is 3.29. The Labute approximate surface area is 73.2 Å². The van der Waals surface area contributed by atoms with E-state index in [0.29, 0.717) is 10.9 Å². The van der Waals surface area contributed by atoms with E-state index < -0.39 is 0 Å². The predicted molar refractivity (Wildman–Crippen MR) is 45.4 cm³/mol. The molecule has 2 rings (SSSR count). The van der Waals surface area contributed by atoms with Crippen LogP contribution >= 0.6 is 22.9 Å². The van der Waals surface area contributed by atoms with Gasteiger partial charge >= 0.3 is 0 Å². The number of fused-ring (bicyclic) bond motifs is 1. The third-order valence-corrected chi connectivity index (χ3v) is 2.91. The van der Waals surface area contributed by atoms with Crippen molar-refractivity contribution < 1.29 is 4.79 Å². The number of halogens is 1. The second kappa shape index (κ2) is 2.59. The molecule has 0 atom stereocenters. The van der Waals surface area contributed by atoms with Crippen molar-refractivity contribution in [2.45, 2.75) is 6.54 Å². The fourth-order valence-corrected chi connectivity index (χ4v) is 2.41. The van der Waals surface area contributed by atoms with Gasteiger partial charge in [-0.3, -0.25) is 4.79 Å². The number of ketones is 1. The van der Waals surface area contributed by atoms with Gasteiger partial charge < -0.3 is 5.32 Å². The molecule has 1 aromatic heterocycles. The van der Waals surface area contributed by atoms with Gasteiger partial charge in [-0.15, -0.1) is 11.3 Å². The molecule has 1 aromatic rings. The Kier molecular flexibility index (Phi) is 1.71. The number of carbonyl (C=O) groups excluding carboxylic acids is 1. The average molecular weight is 188 g/mol. The Balaban J connectivity index is 2.52. The van der Waals surface area contributed by atoms with E-state index in [1.165, 1.54) is 11.3 Å². The zero-order chi connectivity index (χ0) is 7.84. The Hall–Kier alpha value is -0.380. The first-order valence-corrected chi connectivity index (χ1v) is 4.49. The minimum atomic E-state index is 0.148. The number of hydrogen-bond donors (Lipinski definition) is 1. The van der Waals surface area contributed by atoms with Gasteiger partial charge in [-0.1, -0.05) is 11.6 Å². The fourth-order valence-electron chi connectivity index (χ4n) is 1.15. The molecule has 1 N–H and O–H groups in total. The molecular weight excluding hydrogens is 182 g/mol. The van der Waals surface area contributed by atoms with Crippen LogP contribution in [0.3, 0.4) is 0 Å². The van der Waals surface area contributed by atoms with Crippen LogP contribution in [0.1, 0.15) is 15.2 Å². The molecule has 0 amide bonds. The molecule has 0 aromatic carbocycles. The first kappa shape index (κ1) is 7.28. The van der Waals surface area contributed by atoms with Crippen molar-refractivity contribution in [2.24, 2.45) is 0 Å². The summed E-state index contributed by atoms with van der Waals surface area (Å²) in [4.78, 5) is 12.2. The number of hydrogen-bond acceptors (Lipinski definition) is 3. The van der Waals surface area contributed by atoms with E-state index in [1.807, 2.05) is 0 Å². The van der Waals surface area contributed by atoms with Crippen LogP contribution in [0.25, 0.3) is 0 Å². The third kappa shape index (κ3) is 1.20.